The van der Waals surface area contributed by atoms with Crippen molar-refractivity contribution < 1.29 is 9.59 Å². The van der Waals surface area contributed by atoms with E-state index in [1.165, 1.54) is 0 Å². The normalized spacial score (nSPS) is 13.7. The Morgan fingerprint density at radius 2 is 1.62 bits per heavy atom. The summed E-state index contributed by atoms with van der Waals surface area (Å²) in [6.07, 6.45) is 0. The first-order chi connectivity index (χ1) is 14.0. The standard InChI is InChI=1S/C10H10N2O.C9H12N2O.2C2H6/c1-7-9(11-12-10(7)13)8-5-3-2-4-6-8;1-7-4-3-5-8(6-7)11-9(12)10-2;2*1-2/h2-7H,1H3,(H,12,13);3-6H,1-2H3,(H2,10,11,12);2*1-2H3. The molecule has 3 rings (SSSR count). The molecule has 0 fully saturated rings. The topological polar surface area (TPSA) is 82.6 Å². The van der Waals surface area contributed by atoms with Crippen molar-refractivity contribution in [3.05, 3.63) is 65.7 Å². The van der Waals surface area contributed by atoms with E-state index < -0.39 is 0 Å². The molecule has 1 aliphatic rings. The molecule has 0 aliphatic carbocycles. The third-order valence-electron chi connectivity index (χ3n) is 3.66. The molecule has 3 N–H and O–H groups in total. The second kappa shape index (κ2) is 14.9. The van der Waals surface area contributed by atoms with Gasteiger partial charge in [0.05, 0.1) is 11.6 Å². The van der Waals surface area contributed by atoms with Crippen molar-refractivity contribution in [3.8, 4) is 0 Å². The van der Waals surface area contributed by atoms with E-state index >= 15 is 0 Å². The summed E-state index contributed by atoms with van der Waals surface area (Å²) in [5, 5.41) is 9.15. The first kappa shape index (κ1) is 25.9. The largest absolute Gasteiger partial charge is 0.341 e. The summed E-state index contributed by atoms with van der Waals surface area (Å²) >= 11 is 0. The minimum Gasteiger partial charge on any atom is -0.341 e. The summed E-state index contributed by atoms with van der Waals surface area (Å²) in [6.45, 7) is 11.8. The Hall–Kier alpha value is -3.15. The molecular formula is C23H34N4O2. The molecule has 29 heavy (non-hydrogen) atoms. The van der Waals surface area contributed by atoms with Gasteiger partial charge in [-0.1, -0.05) is 70.2 Å². The molecule has 0 saturated carbocycles. The number of hydrogen-bond donors (Lipinski definition) is 3. The second-order valence-electron chi connectivity index (χ2n) is 5.63. The molecule has 2 aromatic carbocycles. The summed E-state index contributed by atoms with van der Waals surface area (Å²) < 4.78 is 0. The fraction of sp³-hybridized carbons (Fsp3) is 0.348. The van der Waals surface area contributed by atoms with Crippen molar-refractivity contribution >= 4 is 23.3 Å². The molecule has 1 unspecified atom stereocenters. The summed E-state index contributed by atoms with van der Waals surface area (Å²) in [6, 6.07) is 17.2. The number of carbonyl (C=O) groups excluding carboxylic acids is 2. The van der Waals surface area contributed by atoms with E-state index in [1.54, 1.807) is 7.05 Å². The van der Waals surface area contributed by atoms with Gasteiger partial charge in [0.25, 0.3) is 0 Å². The van der Waals surface area contributed by atoms with Crippen LogP contribution < -0.4 is 16.1 Å². The zero-order valence-corrected chi connectivity index (χ0v) is 18.5. The van der Waals surface area contributed by atoms with Crippen LogP contribution in [0, 0.1) is 12.8 Å². The summed E-state index contributed by atoms with van der Waals surface area (Å²) in [4.78, 5) is 22.0. The molecule has 3 amide bonds. The van der Waals surface area contributed by atoms with Crippen LogP contribution in [0.1, 0.15) is 45.7 Å². The quantitative estimate of drug-likeness (QED) is 0.668. The van der Waals surface area contributed by atoms with E-state index in [4.69, 9.17) is 0 Å². The lowest BCUT2D eigenvalue weighted by molar-refractivity contribution is -0.121. The maximum Gasteiger partial charge on any atom is 0.318 e. The lowest BCUT2D eigenvalue weighted by Crippen LogP contribution is -2.24. The van der Waals surface area contributed by atoms with Crippen LogP contribution in [0.25, 0.3) is 0 Å². The van der Waals surface area contributed by atoms with E-state index in [2.05, 4.69) is 21.2 Å². The van der Waals surface area contributed by atoms with Gasteiger partial charge < -0.3 is 10.6 Å². The van der Waals surface area contributed by atoms with Gasteiger partial charge in [0.15, 0.2) is 0 Å². The van der Waals surface area contributed by atoms with Crippen LogP contribution in [0.4, 0.5) is 10.5 Å². The van der Waals surface area contributed by atoms with E-state index in [-0.39, 0.29) is 17.9 Å². The smallest absolute Gasteiger partial charge is 0.318 e. The summed E-state index contributed by atoms with van der Waals surface area (Å²) in [7, 11) is 1.59. The fourth-order valence-electron chi connectivity index (χ4n) is 2.27. The highest BCUT2D eigenvalue weighted by Crippen LogP contribution is 2.13. The Bertz CT molecular complexity index is 773. The average molecular weight is 399 g/mol. The van der Waals surface area contributed by atoms with E-state index in [0.29, 0.717) is 0 Å². The van der Waals surface area contributed by atoms with Crippen LogP contribution in [0.3, 0.4) is 0 Å². The maximum absolute atomic E-state index is 11.1. The number of hydrazone groups is 1. The molecule has 0 bridgehead atoms. The van der Waals surface area contributed by atoms with Crippen molar-refractivity contribution in [1.82, 2.24) is 10.7 Å². The minimum absolute atomic E-state index is 0.0288. The van der Waals surface area contributed by atoms with Crippen LogP contribution in [0.15, 0.2) is 59.7 Å². The first-order valence-electron chi connectivity index (χ1n) is 9.99. The number of anilines is 1. The summed E-state index contributed by atoms with van der Waals surface area (Å²) in [5.74, 6) is -0.166. The molecule has 1 aliphatic heterocycles. The lowest BCUT2D eigenvalue weighted by Gasteiger charge is -2.03. The van der Waals surface area contributed by atoms with Crippen molar-refractivity contribution in [2.24, 2.45) is 11.0 Å². The number of nitrogens with zero attached hydrogens (tertiary/aromatic N) is 1. The zero-order valence-electron chi connectivity index (χ0n) is 18.5. The second-order valence-corrected chi connectivity index (χ2v) is 5.63. The Balaban J connectivity index is 0.000000463. The highest BCUT2D eigenvalue weighted by Gasteiger charge is 2.25. The molecule has 1 heterocycles. The lowest BCUT2D eigenvalue weighted by atomic mass is 9.99. The number of aryl methyl sites for hydroxylation is 1. The predicted octanol–water partition coefficient (Wildman–Crippen LogP) is 4.96. The minimum atomic E-state index is -0.194. The van der Waals surface area contributed by atoms with Crippen molar-refractivity contribution in [2.75, 3.05) is 12.4 Å². The van der Waals surface area contributed by atoms with Crippen molar-refractivity contribution in [1.29, 1.82) is 0 Å². The maximum atomic E-state index is 11.1. The molecule has 0 radical (unpaired) electrons. The molecule has 158 valence electrons. The molecule has 0 spiro atoms. The molecular weight excluding hydrogens is 364 g/mol. The molecule has 1 atom stereocenters. The van der Waals surface area contributed by atoms with Gasteiger partial charge in [0.1, 0.15) is 0 Å². The van der Waals surface area contributed by atoms with Gasteiger partial charge in [-0.2, -0.15) is 5.10 Å². The Labute approximate surface area is 174 Å². The van der Waals surface area contributed by atoms with Crippen LogP contribution in [0.2, 0.25) is 0 Å². The fourth-order valence-corrected chi connectivity index (χ4v) is 2.27. The molecule has 0 saturated heterocycles. The van der Waals surface area contributed by atoms with Gasteiger partial charge in [-0.15, -0.1) is 0 Å². The Morgan fingerprint density at radius 1 is 1.00 bits per heavy atom. The van der Waals surface area contributed by atoms with Crippen molar-refractivity contribution in [3.63, 3.8) is 0 Å². The van der Waals surface area contributed by atoms with Crippen LogP contribution in [-0.4, -0.2) is 24.7 Å². The molecule has 0 aromatic heterocycles. The van der Waals surface area contributed by atoms with Gasteiger partial charge in [-0.05, 0) is 37.1 Å². The molecule has 2 aromatic rings. The van der Waals surface area contributed by atoms with Gasteiger partial charge in [-0.25, -0.2) is 10.2 Å². The third-order valence-corrected chi connectivity index (χ3v) is 3.66. The third kappa shape index (κ3) is 9.06. The van der Waals surface area contributed by atoms with Gasteiger partial charge >= 0.3 is 6.03 Å². The van der Waals surface area contributed by atoms with Gasteiger partial charge in [0, 0.05) is 12.7 Å². The number of nitrogens with one attached hydrogen (secondary N) is 3. The number of hydrogen-bond acceptors (Lipinski definition) is 3. The number of rotatable bonds is 2. The predicted molar refractivity (Wildman–Crippen MR) is 122 cm³/mol. The van der Waals surface area contributed by atoms with E-state index in [1.807, 2.05) is 96.1 Å². The number of benzene rings is 2. The summed E-state index contributed by atoms with van der Waals surface area (Å²) in [5.41, 5.74) is 6.24. The van der Waals surface area contributed by atoms with Crippen LogP contribution >= 0.6 is 0 Å². The highest BCUT2D eigenvalue weighted by molar-refractivity contribution is 6.15. The highest BCUT2D eigenvalue weighted by atomic mass is 16.2. The van der Waals surface area contributed by atoms with E-state index in [9.17, 15) is 9.59 Å². The molecule has 6 nitrogen and oxygen atoms in total. The van der Waals surface area contributed by atoms with E-state index in [0.717, 1.165) is 22.5 Å². The van der Waals surface area contributed by atoms with Crippen molar-refractivity contribution in [2.45, 2.75) is 41.5 Å². The number of carbonyl (C=O) groups is 2. The Kier molecular flexibility index (Phi) is 13.2. The zero-order chi connectivity index (χ0) is 22.2. The van der Waals surface area contributed by atoms with Crippen LogP contribution in [-0.2, 0) is 4.79 Å². The first-order valence-corrected chi connectivity index (χ1v) is 9.99. The average Bonchev–Trinajstić information content (AvgIpc) is 3.10. The monoisotopic (exact) mass is 398 g/mol. The van der Waals surface area contributed by atoms with Gasteiger partial charge in [0.2, 0.25) is 5.91 Å². The number of amides is 3. The van der Waals surface area contributed by atoms with Gasteiger partial charge in [-0.3, -0.25) is 4.79 Å². The number of urea groups is 1. The SMILES string of the molecule is CC.CC.CC1C(=O)NN=C1c1ccccc1.CNC(=O)Nc1cccc(C)c1. The molecule has 6 heteroatoms. The van der Waals surface area contributed by atoms with Crippen LogP contribution in [0.5, 0.6) is 0 Å². The Morgan fingerprint density at radius 3 is 2.10 bits per heavy atom.